The number of fused-ring (bicyclic) bond motifs is 1. The molecular formula is C12H16N6O. The van der Waals surface area contributed by atoms with Crippen molar-refractivity contribution in [3.63, 3.8) is 0 Å². The second kappa shape index (κ2) is 4.83. The molecule has 0 aliphatic heterocycles. The summed E-state index contributed by atoms with van der Waals surface area (Å²) in [5.74, 6) is 0.0849. The summed E-state index contributed by atoms with van der Waals surface area (Å²) in [6.07, 6.45) is 8.52. The van der Waals surface area contributed by atoms with Gasteiger partial charge in [0, 0.05) is 6.04 Å². The number of carbonyl (C=O) groups excluding carboxylic acids is 1. The molecule has 2 aromatic heterocycles. The summed E-state index contributed by atoms with van der Waals surface area (Å²) in [7, 11) is 0. The fourth-order valence-corrected chi connectivity index (χ4v) is 2.50. The maximum Gasteiger partial charge on any atom is 0.256 e. The van der Waals surface area contributed by atoms with E-state index in [1.807, 2.05) is 0 Å². The highest BCUT2D eigenvalue weighted by molar-refractivity contribution is 5.99. The second-order valence-electron chi connectivity index (χ2n) is 4.83. The zero-order chi connectivity index (χ0) is 13.2. The Bertz CT molecular complexity index is 601. The topological polar surface area (TPSA) is 98.2 Å². The van der Waals surface area contributed by atoms with E-state index in [2.05, 4.69) is 20.4 Å². The lowest BCUT2D eigenvalue weighted by atomic mass is 9.95. The molecule has 100 valence electrons. The second-order valence-corrected chi connectivity index (χ2v) is 4.83. The average molecular weight is 260 g/mol. The molecule has 1 saturated carbocycles. The average Bonchev–Trinajstić information content (AvgIpc) is 2.85. The van der Waals surface area contributed by atoms with E-state index in [0.717, 1.165) is 12.8 Å². The Balaban J connectivity index is 1.83. The molecular weight excluding hydrogens is 244 g/mol. The van der Waals surface area contributed by atoms with E-state index in [9.17, 15) is 4.79 Å². The lowest BCUT2D eigenvalue weighted by molar-refractivity contribution is 0.0929. The van der Waals surface area contributed by atoms with Gasteiger partial charge in [-0.2, -0.15) is 9.61 Å². The molecule has 19 heavy (non-hydrogen) atoms. The number of nitrogen functional groups attached to an aromatic ring is 1. The van der Waals surface area contributed by atoms with E-state index in [0.29, 0.717) is 11.2 Å². The van der Waals surface area contributed by atoms with Crippen molar-refractivity contribution in [2.45, 2.75) is 38.1 Å². The van der Waals surface area contributed by atoms with Gasteiger partial charge in [0.2, 0.25) is 5.95 Å². The largest absolute Gasteiger partial charge is 0.368 e. The first kappa shape index (κ1) is 11.9. The molecule has 0 bridgehead atoms. The van der Waals surface area contributed by atoms with Crippen LogP contribution in [0.3, 0.4) is 0 Å². The van der Waals surface area contributed by atoms with E-state index in [4.69, 9.17) is 5.73 Å². The van der Waals surface area contributed by atoms with Gasteiger partial charge in [-0.25, -0.2) is 9.97 Å². The van der Waals surface area contributed by atoms with Crippen LogP contribution >= 0.6 is 0 Å². The first-order valence-electron chi connectivity index (χ1n) is 6.51. The minimum atomic E-state index is -0.139. The third-order valence-corrected chi connectivity index (χ3v) is 3.52. The molecule has 1 aliphatic rings. The van der Waals surface area contributed by atoms with Gasteiger partial charge in [0.1, 0.15) is 11.9 Å². The van der Waals surface area contributed by atoms with Crippen molar-refractivity contribution < 1.29 is 4.79 Å². The summed E-state index contributed by atoms with van der Waals surface area (Å²) in [6.45, 7) is 0. The number of hydrogen-bond donors (Lipinski definition) is 2. The summed E-state index contributed by atoms with van der Waals surface area (Å²) >= 11 is 0. The molecule has 3 N–H and O–H groups in total. The van der Waals surface area contributed by atoms with Gasteiger partial charge in [-0.1, -0.05) is 19.3 Å². The number of amides is 1. The Labute approximate surface area is 110 Å². The van der Waals surface area contributed by atoms with Crippen molar-refractivity contribution in [1.82, 2.24) is 24.9 Å². The zero-order valence-electron chi connectivity index (χ0n) is 10.5. The van der Waals surface area contributed by atoms with Crippen LogP contribution in [0.5, 0.6) is 0 Å². The lowest BCUT2D eigenvalue weighted by Gasteiger charge is -2.22. The van der Waals surface area contributed by atoms with Crippen LogP contribution in [0.2, 0.25) is 0 Å². The number of nitrogens with zero attached hydrogens (tertiary/aromatic N) is 4. The molecule has 0 spiro atoms. The van der Waals surface area contributed by atoms with Crippen molar-refractivity contribution in [3.8, 4) is 0 Å². The van der Waals surface area contributed by atoms with Crippen LogP contribution in [0.25, 0.3) is 5.65 Å². The molecule has 7 nitrogen and oxygen atoms in total. The van der Waals surface area contributed by atoms with Crippen LogP contribution in [0, 0.1) is 0 Å². The highest BCUT2D eigenvalue weighted by atomic mass is 16.1. The van der Waals surface area contributed by atoms with Crippen molar-refractivity contribution in [3.05, 3.63) is 18.1 Å². The van der Waals surface area contributed by atoms with Crippen LogP contribution in [-0.2, 0) is 0 Å². The Morgan fingerprint density at radius 2 is 2.11 bits per heavy atom. The maximum atomic E-state index is 12.2. The molecule has 3 rings (SSSR count). The lowest BCUT2D eigenvalue weighted by Crippen LogP contribution is -2.36. The summed E-state index contributed by atoms with van der Waals surface area (Å²) < 4.78 is 1.37. The van der Waals surface area contributed by atoms with Crippen LogP contribution in [-0.4, -0.2) is 31.5 Å². The Hall–Kier alpha value is -2.18. The molecule has 0 aromatic carbocycles. The predicted molar refractivity (Wildman–Crippen MR) is 69.5 cm³/mol. The van der Waals surface area contributed by atoms with Crippen molar-refractivity contribution in [1.29, 1.82) is 0 Å². The maximum absolute atomic E-state index is 12.2. The van der Waals surface area contributed by atoms with Crippen LogP contribution in [0.15, 0.2) is 12.5 Å². The van der Waals surface area contributed by atoms with Gasteiger partial charge in [-0.05, 0) is 12.8 Å². The highest BCUT2D eigenvalue weighted by Crippen LogP contribution is 2.18. The van der Waals surface area contributed by atoms with Gasteiger partial charge in [-0.15, -0.1) is 0 Å². The predicted octanol–water partition coefficient (Wildman–Crippen LogP) is 0.769. The number of nitrogens with one attached hydrogen (secondary N) is 1. The minimum Gasteiger partial charge on any atom is -0.368 e. The molecule has 1 fully saturated rings. The number of hydrogen-bond acceptors (Lipinski definition) is 5. The van der Waals surface area contributed by atoms with E-state index in [1.165, 1.54) is 36.3 Å². The number of aromatic nitrogens is 4. The standard InChI is InChI=1S/C12H16N6O/c13-12-15-7-14-10-9(6-16-18(10)12)11(19)17-8-4-2-1-3-5-8/h6-8H,1-5H2,(H,17,19)(H2,13,14,15). The third kappa shape index (κ3) is 2.23. The van der Waals surface area contributed by atoms with Crippen molar-refractivity contribution >= 4 is 17.5 Å². The van der Waals surface area contributed by atoms with Crippen molar-refractivity contribution in [2.24, 2.45) is 0 Å². The van der Waals surface area contributed by atoms with Crippen LogP contribution in [0.1, 0.15) is 42.5 Å². The molecule has 1 amide bonds. The summed E-state index contributed by atoms with van der Waals surface area (Å²) in [6, 6.07) is 0.260. The minimum absolute atomic E-state index is 0.139. The molecule has 0 saturated heterocycles. The molecule has 0 atom stereocenters. The molecule has 0 radical (unpaired) electrons. The summed E-state index contributed by atoms with van der Waals surface area (Å²) in [5, 5.41) is 7.08. The monoisotopic (exact) mass is 260 g/mol. The molecule has 0 unspecified atom stereocenters. The Morgan fingerprint density at radius 1 is 1.32 bits per heavy atom. The van der Waals surface area contributed by atoms with Gasteiger partial charge < -0.3 is 11.1 Å². The van der Waals surface area contributed by atoms with Gasteiger partial charge in [0.15, 0.2) is 5.65 Å². The van der Waals surface area contributed by atoms with E-state index >= 15 is 0 Å². The third-order valence-electron chi connectivity index (χ3n) is 3.52. The van der Waals surface area contributed by atoms with Crippen LogP contribution < -0.4 is 11.1 Å². The highest BCUT2D eigenvalue weighted by Gasteiger charge is 2.20. The van der Waals surface area contributed by atoms with E-state index < -0.39 is 0 Å². The number of rotatable bonds is 2. The molecule has 1 aliphatic carbocycles. The zero-order valence-corrected chi connectivity index (χ0v) is 10.5. The van der Waals surface area contributed by atoms with Crippen LogP contribution in [0.4, 0.5) is 5.95 Å². The summed E-state index contributed by atoms with van der Waals surface area (Å²) in [4.78, 5) is 20.1. The number of anilines is 1. The van der Waals surface area contributed by atoms with E-state index in [1.54, 1.807) is 0 Å². The fraction of sp³-hybridized carbons (Fsp3) is 0.500. The molecule has 2 aromatic rings. The first-order valence-corrected chi connectivity index (χ1v) is 6.51. The first-order chi connectivity index (χ1) is 9.25. The normalized spacial score (nSPS) is 16.6. The Morgan fingerprint density at radius 3 is 2.89 bits per heavy atom. The van der Waals surface area contributed by atoms with Gasteiger partial charge in [0.25, 0.3) is 5.91 Å². The summed E-state index contributed by atoms with van der Waals surface area (Å²) in [5.41, 5.74) is 6.56. The number of carbonyl (C=O) groups is 1. The number of nitrogens with two attached hydrogens (primary N) is 1. The van der Waals surface area contributed by atoms with Gasteiger partial charge in [0.05, 0.1) is 6.20 Å². The van der Waals surface area contributed by atoms with Crippen molar-refractivity contribution in [2.75, 3.05) is 5.73 Å². The Kier molecular flexibility index (Phi) is 3.02. The quantitative estimate of drug-likeness (QED) is 0.831. The van der Waals surface area contributed by atoms with E-state index in [-0.39, 0.29) is 17.9 Å². The molecule has 7 heteroatoms. The molecule has 2 heterocycles. The fourth-order valence-electron chi connectivity index (χ4n) is 2.50. The SMILES string of the molecule is Nc1ncnc2c(C(=O)NC3CCCCC3)cnn12. The van der Waals surface area contributed by atoms with Gasteiger partial charge in [-0.3, -0.25) is 4.79 Å². The van der Waals surface area contributed by atoms with Gasteiger partial charge >= 0.3 is 0 Å². The smallest absolute Gasteiger partial charge is 0.256 e.